The maximum atomic E-state index is 13.2. The van der Waals surface area contributed by atoms with E-state index in [2.05, 4.69) is 10.0 Å². The highest BCUT2D eigenvalue weighted by atomic mass is 35.5. The first-order valence-corrected chi connectivity index (χ1v) is 13.7. The van der Waals surface area contributed by atoms with E-state index in [-0.39, 0.29) is 33.5 Å². The third-order valence-corrected chi connectivity index (χ3v) is 8.14. The van der Waals surface area contributed by atoms with Crippen LogP contribution in [0.3, 0.4) is 0 Å². The fraction of sp³-hybridized carbons (Fsp3) is 0.200. The predicted molar refractivity (Wildman–Crippen MR) is 141 cm³/mol. The van der Waals surface area contributed by atoms with E-state index in [4.69, 9.17) is 11.6 Å². The SMILES string of the molecule is CCCCNC(=O)c1ccccc1NS(=O)(=O)c1ccc2c(c1)sc(=O)n2Cc1ccccc1Cl. The smallest absolute Gasteiger partial charge is 0.308 e. The maximum Gasteiger partial charge on any atom is 0.308 e. The Balaban J connectivity index is 1.62. The van der Waals surface area contributed by atoms with Gasteiger partial charge in [-0.2, -0.15) is 0 Å². The van der Waals surface area contributed by atoms with Gasteiger partial charge in [0.05, 0.1) is 32.9 Å². The molecule has 0 aliphatic rings. The molecule has 0 spiro atoms. The average molecular weight is 530 g/mol. The summed E-state index contributed by atoms with van der Waals surface area (Å²) in [4.78, 5) is 25.0. The number of hydrogen-bond donors (Lipinski definition) is 2. The Hall–Kier alpha value is -3.14. The van der Waals surface area contributed by atoms with Gasteiger partial charge in [-0.05, 0) is 48.4 Å². The van der Waals surface area contributed by atoms with E-state index in [0.717, 1.165) is 29.7 Å². The number of carbonyl (C=O) groups excluding carboxylic acids is 1. The zero-order valence-electron chi connectivity index (χ0n) is 19.0. The van der Waals surface area contributed by atoms with Crippen LogP contribution in [0.4, 0.5) is 5.69 Å². The standard InChI is InChI=1S/C25H24ClN3O4S2/c1-2-3-14-27-24(30)19-9-5-7-11-21(19)28-35(32,33)18-12-13-22-23(15-18)34-25(31)29(22)16-17-8-4-6-10-20(17)26/h4-13,15,28H,2-3,14,16H2,1H3,(H,27,30). The summed E-state index contributed by atoms with van der Waals surface area (Å²) in [7, 11) is -4.01. The van der Waals surface area contributed by atoms with Crippen LogP contribution in [0.1, 0.15) is 35.7 Å². The molecule has 0 saturated carbocycles. The summed E-state index contributed by atoms with van der Waals surface area (Å²) in [6.45, 7) is 2.81. The van der Waals surface area contributed by atoms with Crippen LogP contribution in [-0.2, 0) is 16.6 Å². The number of carbonyl (C=O) groups is 1. The van der Waals surface area contributed by atoms with E-state index in [1.54, 1.807) is 41.0 Å². The van der Waals surface area contributed by atoms with Gasteiger partial charge in [-0.25, -0.2) is 8.42 Å². The number of sulfonamides is 1. The third-order valence-electron chi connectivity index (χ3n) is 5.47. The van der Waals surface area contributed by atoms with E-state index in [1.165, 1.54) is 12.1 Å². The first kappa shape index (κ1) is 25.0. The molecule has 0 bridgehead atoms. The summed E-state index contributed by atoms with van der Waals surface area (Å²) < 4.78 is 31.0. The van der Waals surface area contributed by atoms with Gasteiger partial charge in [-0.1, -0.05) is 66.6 Å². The third kappa shape index (κ3) is 5.58. The number of anilines is 1. The van der Waals surface area contributed by atoms with E-state index < -0.39 is 10.0 Å². The van der Waals surface area contributed by atoms with E-state index in [9.17, 15) is 18.0 Å². The molecule has 0 radical (unpaired) electrons. The van der Waals surface area contributed by atoms with Crippen LogP contribution >= 0.6 is 22.9 Å². The zero-order chi connectivity index (χ0) is 25.0. The Morgan fingerprint density at radius 1 is 1.06 bits per heavy atom. The Bertz CT molecular complexity index is 1540. The largest absolute Gasteiger partial charge is 0.352 e. The molecule has 35 heavy (non-hydrogen) atoms. The lowest BCUT2D eigenvalue weighted by atomic mass is 10.1. The average Bonchev–Trinajstić information content (AvgIpc) is 3.15. The first-order chi connectivity index (χ1) is 16.8. The molecule has 10 heteroatoms. The van der Waals surface area contributed by atoms with Crippen molar-refractivity contribution >= 4 is 54.8 Å². The van der Waals surface area contributed by atoms with E-state index >= 15 is 0 Å². The Morgan fingerprint density at radius 2 is 1.80 bits per heavy atom. The molecule has 4 aromatic rings. The number of nitrogens with one attached hydrogen (secondary N) is 2. The number of halogens is 1. The molecule has 0 aliphatic carbocycles. The number of benzene rings is 3. The predicted octanol–water partition coefficient (Wildman–Crippen LogP) is 5.10. The van der Waals surface area contributed by atoms with Crippen molar-refractivity contribution in [3.63, 3.8) is 0 Å². The molecule has 7 nitrogen and oxygen atoms in total. The van der Waals surface area contributed by atoms with Crippen molar-refractivity contribution in [1.82, 2.24) is 9.88 Å². The van der Waals surface area contributed by atoms with Crippen molar-refractivity contribution < 1.29 is 13.2 Å². The Labute approximate surface area is 212 Å². The van der Waals surface area contributed by atoms with Gasteiger partial charge in [0.2, 0.25) is 0 Å². The molecule has 0 fully saturated rings. The zero-order valence-corrected chi connectivity index (χ0v) is 21.3. The minimum atomic E-state index is -4.01. The quantitative estimate of drug-likeness (QED) is 0.295. The number of amides is 1. The Morgan fingerprint density at radius 3 is 2.57 bits per heavy atom. The van der Waals surface area contributed by atoms with Crippen molar-refractivity contribution in [3.05, 3.63) is 92.5 Å². The highest BCUT2D eigenvalue weighted by Gasteiger charge is 2.20. The molecule has 0 saturated heterocycles. The van der Waals surface area contributed by atoms with E-state index in [0.29, 0.717) is 21.8 Å². The van der Waals surface area contributed by atoms with Crippen LogP contribution in [-0.4, -0.2) is 25.4 Å². The number of thiazole rings is 1. The van der Waals surface area contributed by atoms with Crippen molar-refractivity contribution in [2.24, 2.45) is 0 Å². The highest BCUT2D eigenvalue weighted by Crippen LogP contribution is 2.26. The minimum absolute atomic E-state index is 0.00247. The summed E-state index contributed by atoms with van der Waals surface area (Å²) in [5.74, 6) is -0.345. The molecule has 2 N–H and O–H groups in total. The monoisotopic (exact) mass is 529 g/mol. The van der Waals surface area contributed by atoms with Gasteiger partial charge in [0.1, 0.15) is 0 Å². The molecule has 4 rings (SSSR count). The van der Waals surface area contributed by atoms with Crippen LogP contribution in [0.25, 0.3) is 10.2 Å². The lowest BCUT2D eigenvalue weighted by Gasteiger charge is -2.13. The fourth-order valence-electron chi connectivity index (χ4n) is 3.61. The van der Waals surface area contributed by atoms with Gasteiger partial charge < -0.3 is 5.32 Å². The number of fused-ring (bicyclic) bond motifs is 1. The molecule has 1 amide bonds. The van der Waals surface area contributed by atoms with Gasteiger partial charge in [0, 0.05) is 11.6 Å². The van der Waals surface area contributed by atoms with Crippen LogP contribution < -0.4 is 14.9 Å². The van der Waals surface area contributed by atoms with Crippen LogP contribution in [0.2, 0.25) is 5.02 Å². The second kappa shape index (κ2) is 10.6. The summed E-state index contributed by atoms with van der Waals surface area (Å²) in [5, 5.41) is 3.36. The van der Waals surface area contributed by atoms with Crippen LogP contribution in [0.5, 0.6) is 0 Å². The minimum Gasteiger partial charge on any atom is -0.352 e. The van der Waals surface area contributed by atoms with Crippen LogP contribution in [0.15, 0.2) is 76.4 Å². The van der Waals surface area contributed by atoms with Gasteiger partial charge >= 0.3 is 4.87 Å². The molecule has 0 unspecified atom stereocenters. The number of nitrogens with zero attached hydrogens (tertiary/aromatic N) is 1. The van der Waals surface area contributed by atoms with Crippen molar-refractivity contribution in [1.29, 1.82) is 0 Å². The number of aromatic nitrogens is 1. The van der Waals surface area contributed by atoms with Gasteiger partial charge in [0.25, 0.3) is 15.9 Å². The molecule has 3 aromatic carbocycles. The van der Waals surface area contributed by atoms with Crippen molar-refractivity contribution in [2.75, 3.05) is 11.3 Å². The second-order valence-electron chi connectivity index (χ2n) is 7.94. The summed E-state index contributed by atoms with van der Waals surface area (Å²) in [6, 6.07) is 18.2. The summed E-state index contributed by atoms with van der Waals surface area (Å²) >= 11 is 7.22. The Kier molecular flexibility index (Phi) is 7.59. The molecule has 182 valence electrons. The lowest BCUT2D eigenvalue weighted by molar-refractivity contribution is 0.0954. The number of hydrogen-bond acceptors (Lipinski definition) is 5. The van der Waals surface area contributed by atoms with Crippen molar-refractivity contribution in [2.45, 2.75) is 31.2 Å². The van der Waals surface area contributed by atoms with Gasteiger partial charge in [-0.15, -0.1) is 0 Å². The number of unbranched alkanes of at least 4 members (excludes halogenated alkanes) is 1. The maximum absolute atomic E-state index is 13.2. The second-order valence-corrected chi connectivity index (χ2v) is 11.0. The fourth-order valence-corrected chi connectivity index (χ4v) is 5.91. The normalized spacial score (nSPS) is 11.5. The lowest BCUT2D eigenvalue weighted by Crippen LogP contribution is -2.26. The number of rotatable bonds is 9. The molecule has 0 atom stereocenters. The summed E-state index contributed by atoms with van der Waals surface area (Å²) in [5.41, 5.74) is 1.84. The van der Waals surface area contributed by atoms with E-state index in [1.807, 2.05) is 25.1 Å². The van der Waals surface area contributed by atoms with Gasteiger partial charge in [0.15, 0.2) is 0 Å². The topological polar surface area (TPSA) is 97.3 Å². The van der Waals surface area contributed by atoms with Gasteiger partial charge in [-0.3, -0.25) is 18.9 Å². The molecular weight excluding hydrogens is 506 g/mol. The first-order valence-electron chi connectivity index (χ1n) is 11.1. The van der Waals surface area contributed by atoms with Crippen LogP contribution in [0, 0.1) is 0 Å². The molecule has 1 heterocycles. The highest BCUT2D eigenvalue weighted by molar-refractivity contribution is 7.92. The molecule has 0 aliphatic heterocycles. The van der Waals surface area contributed by atoms with Crippen molar-refractivity contribution in [3.8, 4) is 0 Å². The molecular formula is C25H24ClN3O4S2. The summed E-state index contributed by atoms with van der Waals surface area (Å²) in [6.07, 6.45) is 1.77. The molecule has 1 aromatic heterocycles. The number of para-hydroxylation sites is 1.